The maximum Gasteiger partial charge on any atom is 0.472 e. The molecule has 0 aromatic heterocycles. The summed E-state index contributed by atoms with van der Waals surface area (Å²) in [5, 5.41) is 10.6. The van der Waals surface area contributed by atoms with Crippen LogP contribution >= 0.6 is 15.6 Å². The molecule has 0 aliphatic rings. The van der Waals surface area contributed by atoms with Crippen molar-refractivity contribution in [1.82, 2.24) is 0 Å². The second-order valence-electron chi connectivity index (χ2n) is 30.1. The number of carbonyl (C=O) groups is 4. The zero-order valence-electron chi connectivity index (χ0n) is 64.4. The average Bonchev–Trinajstić information content (AvgIpc) is 1.04. The first-order valence-corrected chi connectivity index (χ1v) is 43.7. The van der Waals surface area contributed by atoms with Crippen molar-refractivity contribution in [2.75, 3.05) is 39.6 Å². The number of hydrogen-bond donors (Lipinski definition) is 3. The zero-order chi connectivity index (χ0) is 72.4. The number of carbonyl (C=O) groups excluding carboxylic acids is 4. The Morgan fingerprint density at radius 2 is 0.490 bits per heavy atom. The van der Waals surface area contributed by atoms with E-state index in [-0.39, 0.29) is 25.7 Å². The molecular formula is C79H154O17P2. The number of aliphatic hydroxyl groups excluding tert-OH is 1. The van der Waals surface area contributed by atoms with Crippen molar-refractivity contribution in [2.24, 2.45) is 23.7 Å². The van der Waals surface area contributed by atoms with Gasteiger partial charge in [0.2, 0.25) is 0 Å². The van der Waals surface area contributed by atoms with Gasteiger partial charge in [-0.05, 0) is 49.4 Å². The molecule has 0 bridgehead atoms. The van der Waals surface area contributed by atoms with Crippen molar-refractivity contribution in [2.45, 2.75) is 420 Å². The zero-order valence-corrected chi connectivity index (χ0v) is 66.2. The highest BCUT2D eigenvalue weighted by molar-refractivity contribution is 7.47. The Hall–Kier alpha value is -1.94. The molecule has 98 heavy (non-hydrogen) atoms. The number of rotatable bonds is 76. The second-order valence-corrected chi connectivity index (χ2v) is 33.0. The summed E-state index contributed by atoms with van der Waals surface area (Å²) >= 11 is 0. The predicted molar refractivity (Wildman–Crippen MR) is 400 cm³/mol. The Kier molecular flexibility index (Phi) is 66.8. The normalized spacial score (nSPS) is 14.3. The van der Waals surface area contributed by atoms with Gasteiger partial charge >= 0.3 is 39.5 Å². The highest BCUT2D eigenvalue weighted by Crippen LogP contribution is 2.45. The molecule has 0 aliphatic carbocycles. The summed E-state index contributed by atoms with van der Waals surface area (Å²) in [7, 11) is -9.92. The van der Waals surface area contributed by atoms with Gasteiger partial charge in [0.05, 0.1) is 26.4 Å². The van der Waals surface area contributed by atoms with E-state index in [1.165, 1.54) is 193 Å². The predicted octanol–water partition coefficient (Wildman–Crippen LogP) is 23.2. The molecule has 0 rings (SSSR count). The molecule has 3 N–H and O–H groups in total. The van der Waals surface area contributed by atoms with Crippen LogP contribution in [0.4, 0.5) is 0 Å². The number of phosphoric ester groups is 2. The Balaban J connectivity index is 5.15. The minimum atomic E-state index is -4.96. The highest BCUT2D eigenvalue weighted by Gasteiger charge is 2.30. The van der Waals surface area contributed by atoms with E-state index >= 15 is 0 Å². The molecule has 0 saturated carbocycles. The van der Waals surface area contributed by atoms with Crippen molar-refractivity contribution in [3.63, 3.8) is 0 Å². The molecule has 0 amide bonds. The molecule has 0 heterocycles. The lowest BCUT2D eigenvalue weighted by Crippen LogP contribution is -2.30. The summed E-state index contributed by atoms with van der Waals surface area (Å²) in [5.41, 5.74) is 0. The van der Waals surface area contributed by atoms with Crippen LogP contribution < -0.4 is 0 Å². The van der Waals surface area contributed by atoms with Crippen molar-refractivity contribution in [3.05, 3.63) is 0 Å². The number of ether oxygens (including phenoxy) is 4. The molecule has 0 aromatic rings. The van der Waals surface area contributed by atoms with Crippen LogP contribution in [0.3, 0.4) is 0 Å². The van der Waals surface area contributed by atoms with Gasteiger partial charge in [-0.25, -0.2) is 9.13 Å². The van der Waals surface area contributed by atoms with E-state index in [1.54, 1.807) is 0 Å². The number of esters is 4. The molecule has 0 saturated heterocycles. The van der Waals surface area contributed by atoms with Crippen LogP contribution in [-0.4, -0.2) is 96.7 Å². The van der Waals surface area contributed by atoms with E-state index in [0.717, 1.165) is 120 Å². The summed E-state index contributed by atoms with van der Waals surface area (Å²) < 4.78 is 68.5. The SMILES string of the molecule is CCC(C)CCCCCCCCC(=O)OC[C@H](COP(=O)(O)OC[C@H](O)COP(=O)(O)OC[C@@H](COC(=O)CCCCCCCCC(C)C)OC(=O)CCCCCCCCCCCCCCCCCC(C)C)OC(=O)CCCCCCCCCCCCCCCCCCCCC(C)C. The molecule has 3 unspecified atom stereocenters. The summed E-state index contributed by atoms with van der Waals surface area (Å²) in [6, 6.07) is 0. The van der Waals surface area contributed by atoms with Gasteiger partial charge < -0.3 is 33.8 Å². The van der Waals surface area contributed by atoms with Crippen molar-refractivity contribution in [1.29, 1.82) is 0 Å². The van der Waals surface area contributed by atoms with Gasteiger partial charge in [0.15, 0.2) is 12.2 Å². The molecule has 0 aromatic carbocycles. The first-order valence-electron chi connectivity index (χ1n) is 40.7. The van der Waals surface area contributed by atoms with Gasteiger partial charge in [-0.1, -0.05) is 351 Å². The van der Waals surface area contributed by atoms with Gasteiger partial charge in [0, 0.05) is 25.7 Å². The van der Waals surface area contributed by atoms with E-state index in [9.17, 15) is 43.2 Å². The minimum Gasteiger partial charge on any atom is -0.462 e. The van der Waals surface area contributed by atoms with Crippen LogP contribution in [0.25, 0.3) is 0 Å². The molecule has 0 radical (unpaired) electrons. The molecule has 582 valence electrons. The lowest BCUT2D eigenvalue weighted by Gasteiger charge is -2.21. The van der Waals surface area contributed by atoms with Gasteiger partial charge in [-0.15, -0.1) is 0 Å². The Bertz CT molecular complexity index is 1920. The van der Waals surface area contributed by atoms with E-state index < -0.39 is 97.5 Å². The van der Waals surface area contributed by atoms with Gasteiger partial charge in [0.1, 0.15) is 19.3 Å². The Morgan fingerprint density at radius 3 is 0.724 bits per heavy atom. The maximum absolute atomic E-state index is 13.1. The third kappa shape index (κ3) is 71.1. The van der Waals surface area contributed by atoms with Crippen LogP contribution in [-0.2, 0) is 65.4 Å². The van der Waals surface area contributed by atoms with Gasteiger partial charge in [-0.3, -0.25) is 37.3 Å². The fraction of sp³-hybridized carbons (Fsp3) is 0.949. The fourth-order valence-electron chi connectivity index (χ4n) is 12.0. The van der Waals surface area contributed by atoms with E-state index in [1.807, 2.05) is 0 Å². The van der Waals surface area contributed by atoms with Crippen LogP contribution in [0.1, 0.15) is 402 Å². The summed E-state index contributed by atoms with van der Waals surface area (Å²) in [5.74, 6) is 0.912. The Labute approximate surface area is 600 Å². The van der Waals surface area contributed by atoms with E-state index in [2.05, 4.69) is 55.4 Å². The average molecular weight is 1440 g/mol. The highest BCUT2D eigenvalue weighted by atomic mass is 31.2. The molecule has 17 nitrogen and oxygen atoms in total. The summed E-state index contributed by atoms with van der Waals surface area (Å²) in [4.78, 5) is 72.8. The monoisotopic (exact) mass is 1440 g/mol. The van der Waals surface area contributed by atoms with Gasteiger partial charge in [0.25, 0.3) is 0 Å². The van der Waals surface area contributed by atoms with Crippen LogP contribution in [0.15, 0.2) is 0 Å². The Morgan fingerprint density at radius 1 is 0.286 bits per heavy atom. The van der Waals surface area contributed by atoms with Gasteiger partial charge in [-0.2, -0.15) is 0 Å². The third-order valence-electron chi connectivity index (χ3n) is 18.7. The third-order valence-corrected chi connectivity index (χ3v) is 20.6. The number of unbranched alkanes of at least 4 members (excludes halogenated alkanes) is 41. The summed E-state index contributed by atoms with van der Waals surface area (Å²) in [6.07, 6.45) is 54.5. The molecule has 0 fully saturated rings. The number of hydrogen-bond acceptors (Lipinski definition) is 15. The molecule has 6 atom stereocenters. The quantitative estimate of drug-likeness (QED) is 0.0222. The van der Waals surface area contributed by atoms with E-state index in [4.69, 9.17) is 37.0 Å². The van der Waals surface area contributed by atoms with E-state index in [0.29, 0.717) is 31.6 Å². The van der Waals surface area contributed by atoms with Crippen LogP contribution in [0.5, 0.6) is 0 Å². The topological polar surface area (TPSA) is 237 Å². The fourth-order valence-corrected chi connectivity index (χ4v) is 13.6. The smallest absolute Gasteiger partial charge is 0.462 e. The van der Waals surface area contributed by atoms with Crippen molar-refractivity contribution in [3.8, 4) is 0 Å². The van der Waals surface area contributed by atoms with Crippen molar-refractivity contribution >= 4 is 39.5 Å². The standard InChI is InChI=1S/C79H154O17P2/c1-9-72(8)58-50-42-36-38-44-52-60-77(82)90-66-75(96-79(84)62-53-45-33-29-25-21-17-13-11-10-12-15-19-23-27-31-39-47-55-69(2)3)68-94-98(87,88)92-64-73(80)63-91-97(85,86)93-67-74(65-89-76(81)59-51-43-37-35-41-49-57-71(6)7)95-78(83)61-54-46-34-30-26-22-18-14-16-20-24-28-32-40-48-56-70(4)5/h69-75,80H,9-68H2,1-8H3,(H,85,86)(H,87,88)/t72?,73-,74-,75-/m1/s1. The van der Waals surface area contributed by atoms with Crippen LogP contribution in [0, 0.1) is 23.7 Å². The first kappa shape index (κ1) is 96.1. The van der Waals surface area contributed by atoms with Crippen molar-refractivity contribution < 1.29 is 80.2 Å². The second kappa shape index (κ2) is 68.2. The number of aliphatic hydroxyl groups is 1. The lowest BCUT2D eigenvalue weighted by molar-refractivity contribution is -0.161. The lowest BCUT2D eigenvalue weighted by atomic mass is 10.00. The first-order chi connectivity index (χ1) is 47.1. The maximum atomic E-state index is 13.1. The molecule has 0 spiro atoms. The molecular weight excluding hydrogens is 1280 g/mol. The number of phosphoric acid groups is 2. The molecule has 19 heteroatoms. The molecule has 0 aliphatic heterocycles. The minimum absolute atomic E-state index is 0.106. The van der Waals surface area contributed by atoms with Crippen LogP contribution in [0.2, 0.25) is 0 Å². The summed E-state index contributed by atoms with van der Waals surface area (Å²) in [6.45, 7) is 14.2. The largest absolute Gasteiger partial charge is 0.472 e.